The van der Waals surface area contributed by atoms with Gasteiger partial charge in [0.1, 0.15) is 0 Å². The summed E-state index contributed by atoms with van der Waals surface area (Å²) in [7, 11) is 3.33. The van der Waals surface area contributed by atoms with Gasteiger partial charge in [0.2, 0.25) is 0 Å². The highest BCUT2D eigenvalue weighted by Crippen LogP contribution is 2.37. The van der Waals surface area contributed by atoms with Gasteiger partial charge < -0.3 is 14.8 Å². The van der Waals surface area contributed by atoms with Crippen LogP contribution in [-0.2, 0) is 0 Å². The first-order chi connectivity index (χ1) is 8.26. The van der Waals surface area contributed by atoms with Crippen molar-refractivity contribution in [2.75, 3.05) is 20.8 Å². The molecule has 1 heterocycles. The van der Waals surface area contributed by atoms with Gasteiger partial charge in [-0.25, -0.2) is 0 Å². The second kappa shape index (κ2) is 5.74. The minimum Gasteiger partial charge on any atom is -0.493 e. The van der Waals surface area contributed by atoms with Gasteiger partial charge in [-0.1, -0.05) is 22.4 Å². The Morgan fingerprint density at radius 3 is 2.47 bits per heavy atom. The van der Waals surface area contributed by atoms with Gasteiger partial charge in [0.05, 0.1) is 14.2 Å². The van der Waals surface area contributed by atoms with Crippen LogP contribution >= 0.6 is 15.9 Å². The number of benzene rings is 1. The molecule has 1 aliphatic rings. The van der Waals surface area contributed by atoms with E-state index in [2.05, 4.69) is 27.3 Å². The molecule has 1 aromatic rings. The van der Waals surface area contributed by atoms with Crippen LogP contribution in [0.25, 0.3) is 0 Å². The normalized spacial score (nSPS) is 20.1. The van der Waals surface area contributed by atoms with Gasteiger partial charge in [-0.2, -0.15) is 0 Å². The van der Waals surface area contributed by atoms with E-state index >= 15 is 0 Å². The van der Waals surface area contributed by atoms with Crippen LogP contribution < -0.4 is 14.8 Å². The smallest absolute Gasteiger partial charge is 0.161 e. The first-order valence-electron chi connectivity index (χ1n) is 5.91. The number of halogens is 1. The first kappa shape index (κ1) is 12.7. The van der Waals surface area contributed by atoms with Gasteiger partial charge in [0.25, 0.3) is 0 Å². The maximum absolute atomic E-state index is 5.35. The molecule has 1 saturated heterocycles. The predicted molar refractivity (Wildman–Crippen MR) is 71.8 cm³/mol. The van der Waals surface area contributed by atoms with Crippen LogP contribution in [0.5, 0.6) is 11.5 Å². The summed E-state index contributed by atoms with van der Waals surface area (Å²) in [5.74, 6) is 1.55. The molecule has 4 heteroatoms. The van der Waals surface area contributed by atoms with Crippen LogP contribution in [0.15, 0.2) is 16.6 Å². The van der Waals surface area contributed by atoms with E-state index in [9.17, 15) is 0 Å². The zero-order valence-electron chi connectivity index (χ0n) is 10.3. The molecule has 1 aromatic carbocycles. The van der Waals surface area contributed by atoms with E-state index in [-0.39, 0.29) is 0 Å². The summed E-state index contributed by atoms with van der Waals surface area (Å²) in [5.41, 5.74) is 1.25. The Morgan fingerprint density at radius 2 is 1.88 bits per heavy atom. The van der Waals surface area contributed by atoms with E-state index in [1.807, 2.05) is 6.07 Å². The second-order valence-electron chi connectivity index (χ2n) is 4.23. The highest BCUT2D eigenvalue weighted by molar-refractivity contribution is 9.10. The molecule has 2 rings (SSSR count). The lowest BCUT2D eigenvalue weighted by molar-refractivity contribution is 0.351. The topological polar surface area (TPSA) is 30.5 Å². The third-order valence-electron chi connectivity index (χ3n) is 3.19. The fraction of sp³-hybridized carbons (Fsp3) is 0.538. The number of hydrogen-bond acceptors (Lipinski definition) is 3. The van der Waals surface area contributed by atoms with Crippen molar-refractivity contribution in [1.29, 1.82) is 0 Å². The lowest BCUT2D eigenvalue weighted by atomic mass is 9.97. The Kier molecular flexibility index (Phi) is 4.29. The Hall–Kier alpha value is -0.740. The Labute approximate surface area is 111 Å². The van der Waals surface area contributed by atoms with Crippen LogP contribution in [0.1, 0.15) is 30.9 Å². The van der Waals surface area contributed by atoms with Crippen LogP contribution in [0.4, 0.5) is 0 Å². The molecule has 0 bridgehead atoms. The molecule has 1 fully saturated rings. The Bertz CT molecular complexity index is 389. The summed E-state index contributed by atoms with van der Waals surface area (Å²) in [5, 5.41) is 3.54. The molecule has 3 nitrogen and oxygen atoms in total. The third-order valence-corrected chi connectivity index (χ3v) is 3.88. The lowest BCUT2D eigenvalue weighted by Gasteiger charge is -2.25. The molecular formula is C13H18BrNO2. The van der Waals surface area contributed by atoms with Gasteiger partial charge in [0.15, 0.2) is 11.5 Å². The van der Waals surface area contributed by atoms with Crippen molar-refractivity contribution in [2.45, 2.75) is 25.3 Å². The molecular weight excluding hydrogens is 282 g/mol. The maximum Gasteiger partial charge on any atom is 0.161 e. The fourth-order valence-electron chi connectivity index (χ4n) is 2.25. The van der Waals surface area contributed by atoms with Crippen molar-refractivity contribution in [3.8, 4) is 11.5 Å². The summed E-state index contributed by atoms with van der Waals surface area (Å²) in [6.07, 6.45) is 3.72. The monoisotopic (exact) mass is 299 g/mol. The molecule has 0 unspecified atom stereocenters. The number of nitrogens with one attached hydrogen (secondary N) is 1. The van der Waals surface area contributed by atoms with Gasteiger partial charge in [0, 0.05) is 10.5 Å². The second-order valence-corrected chi connectivity index (χ2v) is 5.09. The van der Waals surface area contributed by atoms with Crippen molar-refractivity contribution in [3.05, 3.63) is 22.2 Å². The Morgan fingerprint density at radius 1 is 1.18 bits per heavy atom. The van der Waals surface area contributed by atoms with E-state index in [0.717, 1.165) is 22.5 Å². The molecule has 1 N–H and O–H groups in total. The standard InChI is InChI=1S/C13H18BrNO2/c1-16-12-7-9(10(14)8-13(12)17-2)11-5-3-4-6-15-11/h7-8,11,15H,3-6H2,1-2H3/t11-/m1/s1. The highest BCUT2D eigenvalue weighted by atomic mass is 79.9. The number of rotatable bonds is 3. The predicted octanol–water partition coefficient (Wildman–Crippen LogP) is 3.28. The molecule has 0 spiro atoms. The number of ether oxygens (including phenoxy) is 2. The first-order valence-corrected chi connectivity index (χ1v) is 6.70. The molecule has 1 aliphatic heterocycles. The SMILES string of the molecule is COc1cc(Br)c([C@H]2CCCCN2)cc1OC. The lowest BCUT2D eigenvalue weighted by Crippen LogP contribution is -2.27. The van der Waals surface area contributed by atoms with Crippen LogP contribution in [0.2, 0.25) is 0 Å². The minimum atomic E-state index is 0.415. The van der Waals surface area contributed by atoms with Crippen LogP contribution in [0.3, 0.4) is 0 Å². The van der Waals surface area contributed by atoms with E-state index in [1.165, 1.54) is 24.8 Å². The maximum atomic E-state index is 5.35. The number of piperidine rings is 1. The molecule has 0 saturated carbocycles. The van der Waals surface area contributed by atoms with E-state index in [4.69, 9.17) is 9.47 Å². The summed E-state index contributed by atoms with van der Waals surface area (Å²) >= 11 is 3.61. The van der Waals surface area contributed by atoms with Gasteiger partial charge in [-0.3, -0.25) is 0 Å². The van der Waals surface area contributed by atoms with E-state index in [0.29, 0.717) is 6.04 Å². The minimum absolute atomic E-state index is 0.415. The fourth-order valence-corrected chi connectivity index (χ4v) is 2.85. The molecule has 0 aromatic heterocycles. The highest BCUT2D eigenvalue weighted by Gasteiger charge is 2.19. The van der Waals surface area contributed by atoms with Crippen molar-refractivity contribution >= 4 is 15.9 Å². The summed E-state index contributed by atoms with van der Waals surface area (Å²) in [6, 6.07) is 4.45. The van der Waals surface area contributed by atoms with Crippen LogP contribution in [-0.4, -0.2) is 20.8 Å². The largest absolute Gasteiger partial charge is 0.493 e. The molecule has 0 amide bonds. The molecule has 94 valence electrons. The van der Waals surface area contributed by atoms with Crippen molar-refractivity contribution in [3.63, 3.8) is 0 Å². The Balaban J connectivity index is 2.32. The quantitative estimate of drug-likeness (QED) is 0.929. The average Bonchev–Trinajstić information content (AvgIpc) is 2.39. The van der Waals surface area contributed by atoms with Crippen molar-refractivity contribution < 1.29 is 9.47 Å². The van der Waals surface area contributed by atoms with Gasteiger partial charge >= 0.3 is 0 Å². The van der Waals surface area contributed by atoms with Gasteiger partial charge in [-0.15, -0.1) is 0 Å². The summed E-state index contributed by atoms with van der Waals surface area (Å²) in [6.45, 7) is 1.09. The zero-order chi connectivity index (χ0) is 12.3. The zero-order valence-corrected chi connectivity index (χ0v) is 11.8. The molecule has 17 heavy (non-hydrogen) atoms. The van der Waals surface area contributed by atoms with Crippen molar-refractivity contribution in [2.24, 2.45) is 0 Å². The summed E-state index contributed by atoms with van der Waals surface area (Å²) in [4.78, 5) is 0. The van der Waals surface area contributed by atoms with Crippen LogP contribution in [0, 0.1) is 0 Å². The third kappa shape index (κ3) is 2.75. The molecule has 1 atom stereocenters. The molecule has 0 radical (unpaired) electrons. The number of methoxy groups -OCH3 is 2. The number of hydrogen-bond donors (Lipinski definition) is 1. The molecule has 0 aliphatic carbocycles. The van der Waals surface area contributed by atoms with E-state index < -0.39 is 0 Å². The average molecular weight is 300 g/mol. The van der Waals surface area contributed by atoms with E-state index in [1.54, 1.807) is 14.2 Å². The summed E-state index contributed by atoms with van der Waals surface area (Å²) < 4.78 is 11.7. The van der Waals surface area contributed by atoms with Gasteiger partial charge in [-0.05, 0) is 37.1 Å². The van der Waals surface area contributed by atoms with Crippen molar-refractivity contribution in [1.82, 2.24) is 5.32 Å².